The van der Waals surface area contributed by atoms with Crippen LogP contribution in [0.15, 0.2) is 42.5 Å². The summed E-state index contributed by atoms with van der Waals surface area (Å²) in [6, 6.07) is 15.5. The summed E-state index contributed by atoms with van der Waals surface area (Å²) in [6.45, 7) is 2.36. The summed E-state index contributed by atoms with van der Waals surface area (Å²) in [5.41, 5.74) is 1.47. The van der Waals surface area contributed by atoms with E-state index in [1.165, 1.54) is 61.3 Å². The largest absolute Gasteiger partial charge is 0.331 e. The van der Waals surface area contributed by atoms with Crippen LogP contribution < -0.4 is 0 Å². The van der Waals surface area contributed by atoms with Gasteiger partial charge in [-0.1, -0.05) is 87.9 Å². The molecule has 0 bridgehead atoms. The summed E-state index contributed by atoms with van der Waals surface area (Å²) < 4.78 is 16.0. The lowest BCUT2D eigenvalue weighted by atomic mass is 9.93. The average Bonchev–Trinajstić information content (AvgIpc) is 2.75. The molecular weight excluding hydrogens is 348 g/mol. The second kappa shape index (κ2) is 12.2. The number of hydrogen-bond acceptors (Lipinski definition) is 3. The topological polar surface area (TPSA) is 27.7 Å². The quantitative estimate of drug-likeness (QED) is 0.257. The van der Waals surface area contributed by atoms with E-state index < -0.39 is 5.97 Å². The third kappa shape index (κ3) is 6.88. The third-order valence-corrected chi connectivity index (χ3v) is 5.90. The van der Waals surface area contributed by atoms with E-state index in [4.69, 9.17) is 14.2 Å². The lowest BCUT2D eigenvalue weighted by molar-refractivity contribution is -0.355. The minimum absolute atomic E-state index is 0.634. The lowest BCUT2D eigenvalue weighted by Crippen LogP contribution is -2.35. The predicted octanol–water partition coefficient (Wildman–Crippen LogP) is 7.05. The van der Waals surface area contributed by atoms with Crippen molar-refractivity contribution in [2.24, 2.45) is 0 Å². The Morgan fingerprint density at radius 3 is 1.93 bits per heavy atom. The van der Waals surface area contributed by atoms with E-state index in [0.29, 0.717) is 5.92 Å². The Morgan fingerprint density at radius 1 is 0.714 bits per heavy atom. The maximum atomic E-state index is 5.33. The Kier molecular flexibility index (Phi) is 9.97. The fraction of sp³-hybridized carbons (Fsp3) is 0.600. The van der Waals surface area contributed by atoms with Crippen LogP contribution in [0.5, 0.6) is 0 Å². The van der Waals surface area contributed by atoms with E-state index in [1.807, 2.05) is 0 Å². The van der Waals surface area contributed by atoms with Crippen LogP contribution in [0, 0.1) is 0 Å². The van der Waals surface area contributed by atoms with Crippen molar-refractivity contribution in [3.05, 3.63) is 48.0 Å². The van der Waals surface area contributed by atoms with Crippen molar-refractivity contribution in [1.82, 2.24) is 0 Å². The van der Waals surface area contributed by atoms with Gasteiger partial charge in [0.25, 0.3) is 5.97 Å². The summed E-state index contributed by atoms with van der Waals surface area (Å²) in [4.78, 5) is 0. The van der Waals surface area contributed by atoms with E-state index in [9.17, 15) is 0 Å². The molecule has 1 atom stereocenters. The van der Waals surface area contributed by atoms with Crippen molar-refractivity contribution < 1.29 is 14.2 Å². The molecule has 2 rings (SSSR count). The van der Waals surface area contributed by atoms with Crippen LogP contribution >= 0.6 is 0 Å². The molecule has 0 aliphatic carbocycles. The van der Waals surface area contributed by atoms with Crippen molar-refractivity contribution in [2.45, 2.75) is 76.6 Å². The first-order valence-electron chi connectivity index (χ1n) is 10.8. The summed E-state index contributed by atoms with van der Waals surface area (Å²) in [6.07, 6.45) is 10.9. The second-order valence-corrected chi connectivity index (χ2v) is 7.82. The maximum Gasteiger partial charge on any atom is 0.282 e. The molecule has 0 saturated heterocycles. The van der Waals surface area contributed by atoms with Crippen LogP contribution in [-0.4, -0.2) is 27.3 Å². The molecule has 0 saturated carbocycles. The molecule has 0 aromatic heterocycles. The Balaban J connectivity index is 1.56. The minimum Gasteiger partial charge on any atom is -0.331 e. The van der Waals surface area contributed by atoms with Gasteiger partial charge in [0, 0.05) is 27.8 Å². The molecule has 0 heterocycles. The van der Waals surface area contributed by atoms with E-state index in [0.717, 1.165) is 12.8 Å². The fourth-order valence-electron chi connectivity index (χ4n) is 3.91. The number of hydrogen-bond donors (Lipinski definition) is 0. The predicted molar refractivity (Wildman–Crippen MR) is 118 cm³/mol. The third-order valence-electron chi connectivity index (χ3n) is 5.90. The van der Waals surface area contributed by atoms with Gasteiger partial charge in [-0.3, -0.25) is 0 Å². The van der Waals surface area contributed by atoms with Gasteiger partial charge in [0.1, 0.15) is 0 Å². The van der Waals surface area contributed by atoms with Crippen molar-refractivity contribution in [2.75, 3.05) is 21.3 Å². The van der Waals surface area contributed by atoms with Crippen LogP contribution in [-0.2, 0) is 14.2 Å². The highest BCUT2D eigenvalue weighted by atomic mass is 16.9. The van der Waals surface area contributed by atoms with Gasteiger partial charge in [0.05, 0.1) is 0 Å². The molecule has 0 fully saturated rings. The van der Waals surface area contributed by atoms with Gasteiger partial charge in [0.2, 0.25) is 0 Å². The Labute approximate surface area is 171 Å². The standard InChI is InChI=1S/C25H38O3/c1-21(23-18-17-22-15-11-12-16-24(22)20-23)14-10-8-6-5-7-9-13-19-25(26-2,27-3)28-4/h11-12,15-18,20-21H,5-10,13-14,19H2,1-4H3. The van der Waals surface area contributed by atoms with Crippen LogP contribution in [0.25, 0.3) is 10.8 Å². The van der Waals surface area contributed by atoms with E-state index >= 15 is 0 Å². The molecule has 0 spiro atoms. The fourth-order valence-corrected chi connectivity index (χ4v) is 3.91. The van der Waals surface area contributed by atoms with Crippen LogP contribution in [0.2, 0.25) is 0 Å². The molecule has 0 radical (unpaired) electrons. The van der Waals surface area contributed by atoms with Gasteiger partial charge in [-0.15, -0.1) is 0 Å². The monoisotopic (exact) mass is 386 g/mol. The highest BCUT2D eigenvalue weighted by Crippen LogP contribution is 2.26. The Bertz CT molecular complexity index is 670. The first-order chi connectivity index (χ1) is 13.6. The number of unbranched alkanes of at least 4 members (excludes halogenated alkanes) is 6. The maximum absolute atomic E-state index is 5.33. The summed E-state index contributed by atoms with van der Waals surface area (Å²) in [5.74, 6) is -0.228. The zero-order valence-corrected chi connectivity index (χ0v) is 18.2. The Hall–Kier alpha value is -1.42. The first kappa shape index (κ1) is 22.9. The molecule has 28 heavy (non-hydrogen) atoms. The molecular formula is C25H38O3. The van der Waals surface area contributed by atoms with Gasteiger partial charge in [-0.25, -0.2) is 0 Å². The molecule has 1 unspecified atom stereocenters. The van der Waals surface area contributed by atoms with Crippen molar-refractivity contribution in [1.29, 1.82) is 0 Å². The van der Waals surface area contributed by atoms with Gasteiger partial charge in [0.15, 0.2) is 0 Å². The van der Waals surface area contributed by atoms with Crippen molar-refractivity contribution in [3.8, 4) is 0 Å². The summed E-state index contributed by atoms with van der Waals surface area (Å²) >= 11 is 0. The molecule has 0 aliphatic heterocycles. The average molecular weight is 387 g/mol. The highest BCUT2D eigenvalue weighted by molar-refractivity contribution is 5.83. The van der Waals surface area contributed by atoms with E-state index in [2.05, 4.69) is 49.4 Å². The van der Waals surface area contributed by atoms with Crippen molar-refractivity contribution in [3.63, 3.8) is 0 Å². The number of fused-ring (bicyclic) bond motifs is 1. The van der Waals surface area contributed by atoms with Crippen LogP contribution in [0.4, 0.5) is 0 Å². The SMILES string of the molecule is COC(CCCCCCCCCC(C)c1ccc2ccccc2c1)(OC)OC. The molecule has 3 heteroatoms. The van der Waals surface area contributed by atoms with Gasteiger partial charge in [-0.2, -0.15) is 0 Å². The zero-order valence-electron chi connectivity index (χ0n) is 18.2. The minimum atomic E-state index is -0.862. The number of ether oxygens (including phenoxy) is 3. The second-order valence-electron chi connectivity index (χ2n) is 7.82. The Morgan fingerprint density at radius 2 is 1.29 bits per heavy atom. The van der Waals surface area contributed by atoms with Crippen LogP contribution in [0.1, 0.15) is 76.2 Å². The summed E-state index contributed by atoms with van der Waals surface area (Å²) in [5, 5.41) is 2.68. The molecule has 0 amide bonds. The summed E-state index contributed by atoms with van der Waals surface area (Å²) in [7, 11) is 4.89. The van der Waals surface area contributed by atoms with E-state index in [1.54, 1.807) is 21.3 Å². The first-order valence-corrected chi connectivity index (χ1v) is 10.8. The van der Waals surface area contributed by atoms with Gasteiger partial charge >= 0.3 is 0 Å². The van der Waals surface area contributed by atoms with Gasteiger partial charge in [-0.05, 0) is 35.1 Å². The number of rotatable bonds is 14. The van der Waals surface area contributed by atoms with E-state index in [-0.39, 0.29) is 0 Å². The lowest BCUT2D eigenvalue weighted by Gasteiger charge is -2.28. The highest BCUT2D eigenvalue weighted by Gasteiger charge is 2.28. The molecule has 2 aromatic rings. The molecule has 0 N–H and O–H groups in total. The normalized spacial score (nSPS) is 13.1. The number of methoxy groups -OCH3 is 3. The zero-order chi connectivity index (χ0) is 20.2. The van der Waals surface area contributed by atoms with Crippen LogP contribution in [0.3, 0.4) is 0 Å². The molecule has 2 aromatic carbocycles. The van der Waals surface area contributed by atoms with Crippen molar-refractivity contribution >= 4 is 10.8 Å². The molecule has 3 nitrogen and oxygen atoms in total. The molecule has 0 aliphatic rings. The van der Waals surface area contributed by atoms with Gasteiger partial charge < -0.3 is 14.2 Å². The molecule has 156 valence electrons. The smallest absolute Gasteiger partial charge is 0.282 e. The number of benzene rings is 2.